The molecule has 1 N–H and O–H groups in total. The number of nitrogens with zero attached hydrogens (tertiary/aromatic N) is 1. The molecule has 1 aromatic heterocycles. The Morgan fingerprint density at radius 2 is 1.71 bits per heavy atom. The van der Waals surface area contributed by atoms with Crippen LogP contribution in [0.3, 0.4) is 0 Å². The Morgan fingerprint density at radius 1 is 1.03 bits per heavy atom. The highest BCUT2D eigenvalue weighted by atomic mass is 32.2. The standard InChI is InChI=1S/C29H32N2O5S2/c1-28(2)15-21-16-29(3,17-28)18-31(21)38(34,35)22-12-10-20(11-13-22)26(32)30-23-14-24(19-8-6-5-7-9-19)37-25(23)27(33)36-4/h5-14,21H,15-18H2,1-4H3,(H,30,32)/t21-,29+/m0/s1. The lowest BCUT2D eigenvalue weighted by Gasteiger charge is -2.39. The summed E-state index contributed by atoms with van der Waals surface area (Å²) in [5.74, 6) is -0.982. The van der Waals surface area contributed by atoms with Gasteiger partial charge in [0.15, 0.2) is 0 Å². The maximum Gasteiger partial charge on any atom is 0.350 e. The van der Waals surface area contributed by atoms with Crippen LogP contribution in [0.1, 0.15) is 60.1 Å². The molecule has 1 aliphatic carbocycles. The summed E-state index contributed by atoms with van der Waals surface area (Å²) in [4.78, 5) is 26.8. The number of methoxy groups -OCH3 is 1. The molecule has 2 fully saturated rings. The molecule has 0 unspecified atom stereocenters. The molecule has 5 rings (SSSR count). The number of nitrogens with one attached hydrogen (secondary N) is 1. The van der Waals surface area contributed by atoms with Crippen LogP contribution in [0, 0.1) is 10.8 Å². The fraction of sp³-hybridized carbons (Fsp3) is 0.379. The molecular formula is C29H32N2O5S2. The summed E-state index contributed by atoms with van der Waals surface area (Å²) in [6, 6.07) is 17.3. The average molecular weight is 553 g/mol. The summed E-state index contributed by atoms with van der Waals surface area (Å²) in [5, 5.41) is 2.80. The summed E-state index contributed by atoms with van der Waals surface area (Å²) in [5.41, 5.74) is 1.65. The van der Waals surface area contributed by atoms with E-state index in [0.29, 0.717) is 17.8 Å². The van der Waals surface area contributed by atoms with Gasteiger partial charge >= 0.3 is 5.97 Å². The van der Waals surface area contributed by atoms with Crippen LogP contribution in [0.5, 0.6) is 0 Å². The Balaban J connectivity index is 1.36. The molecule has 2 heterocycles. The van der Waals surface area contributed by atoms with Crippen molar-refractivity contribution in [2.45, 2.75) is 51.0 Å². The van der Waals surface area contributed by atoms with E-state index in [-0.39, 0.29) is 26.6 Å². The van der Waals surface area contributed by atoms with Crippen LogP contribution >= 0.6 is 11.3 Å². The van der Waals surface area contributed by atoms with Gasteiger partial charge in [-0.2, -0.15) is 4.31 Å². The zero-order chi connectivity index (χ0) is 27.3. The minimum Gasteiger partial charge on any atom is -0.465 e. The molecule has 38 heavy (non-hydrogen) atoms. The number of rotatable bonds is 6. The van der Waals surface area contributed by atoms with Crippen molar-refractivity contribution in [3.63, 3.8) is 0 Å². The van der Waals surface area contributed by atoms with Crippen LogP contribution in [0.15, 0.2) is 65.6 Å². The maximum atomic E-state index is 13.6. The third-order valence-electron chi connectivity index (χ3n) is 7.50. The predicted molar refractivity (Wildman–Crippen MR) is 149 cm³/mol. The topological polar surface area (TPSA) is 92.8 Å². The average Bonchev–Trinajstić information content (AvgIpc) is 3.41. The summed E-state index contributed by atoms with van der Waals surface area (Å²) in [7, 11) is -2.39. The van der Waals surface area contributed by atoms with E-state index in [1.807, 2.05) is 30.3 Å². The molecule has 7 nitrogen and oxygen atoms in total. The first-order valence-corrected chi connectivity index (χ1v) is 14.9. The highest BCUT2D eigenvalue weighted by Crippen LogP contribution is 2.53. The van der Waals surface area contributed by atoms with E-state index in [9.17, 15) is 18.0 Å². The van der Waals surface area contributed by atoms with Crippen molar-refractivity contribution in [1.82, 2.24) is 4.31 Å². The fourth-order valence-corrected chi connectivity index (χ4v) is 9.08. The van der Waals surface area contributed by atoms with Crippen LogP contribution in [-0.4, -0.2) is 44.3 Å². The lowest BCUT2D eigenvalue weighted by atomic mass is 9.65. The predicted octanol–water partition coefficient (Wildman–Crippen LogP) is 6.04. The third kappa shape index (κ3) is 5.02. The van der Waals surface area contributed by atoms with Crippen molar-refractivity contribution in [3.8, 4) is 10.4 Å². The number of carbonyl (C=O) groups is 2. The number of fused-ring (bicyclic) bond motifs is 2. The molecule has 2 atom stereocenters. The minimum atomic E-state index is -3.69. The van der Waals surface area contributed by atoms with Gasteiger partial charge in [0.2, 0.25) is 10.0 Å². The van der Waals surface area contributed by atoms with Gasteiger partial charge in [-0.25, -0.2) is 13.2 Å². The number of ether oxygens (including phenoxy) is 1. The number of esters is 1. The molecule has 3 aromatic rings. The first-order chi connectivity index (χ1) is 17.9. The van der Waals surface area contributed by atoms with Crippen LogP contribution in [0.2, 0.25) is 0 Å². The van der Waals surface area contributed by atoms with Crippen LogP contribution in [0.4, 0.5) is 5.69 Å². The number of hydrogen-bond acceptors (Lipinski definition) is 6. The van der Waals surface area contributed by atoms with Crippen molar-refractivity contribution < 1.29 is 22.7 Å². The van der Waals surface area contributed by atoms with E-state index < -0.39 is 21.9 Å². The van der Waals surface area contributed by atoms with Gasteiger partial charge in [0.1, 0.15) is 4.88 Å². The first kappa shape index (κ1) is 26.6. The quantitative estimate of drug-likeness (QED) is 0.376. The van der Waals surface area contributed by atoms with Gasteiger partial charge in [-0.3, -0.25) is 4.79 Å². The molecular weight excluding hydrogens is 520 g/mol. The van der Waals surface area contributed by atoms with Gasteiger partial charge < -0.3 is 10.1 Å². The normalized spacial score (nSPS) is 22.7. The molecule has 0 spiro atoms. The van der Waals surface area contributed by atoms with Crippen LogP contribution in [0.25, 0.3) is 10.4 Å². The lowest BCUT2D eigenvalue weighted by Crippen LogP contribution is -2.37. The van der Waals surface area contributed by atoms with E-state index in [1.165, 1.54) is 42.7 Å². The Morgan fingerprint density at radius 3 is 2.37 bits per heavy atom. The van der Waals surface area contributed by atoms with Gasteiger partial charge in [-0.05, 0) is 66.0 Å². The van der Waals surface area contributed by atoms with E-state index in [2.05, 4.69) is 26.1 Å². The number of sulfonamides is 1. The minimum absolute atomic E-state index is 0.00845. The lowest BCUT2D eigenvalue weighted by molar-refractivity contribution is 0.0607. The molecule has 200 valence electrons. The maximum absolute atomic E-state index is 13.6. The molecule has 2 aliphatic rings. The number of amides is 1. The van der Waals surface area contributed by atoms with E-state index in [0.717, 1.165) is 29.7 Å². The molecule has 0 radical (unpaired) electrons. The van der Waals surface area contributed by atoms with Gasteiger partial charge in [0.05, 0.1) is 17.7 Å². The highest BCUT2D eigenvalue weighted by molar-refractivity contribution is 7.89. The van der Waals surface area contributed by atoms with E-state index >= 15 is 0 Å². The highest BCUT2D eigenvalue weighted by Gasteiger charge is 2.53. The largest absolute Gasteiger partial charge is 0.465 e. The Hall–Kier alpha value is -3.01. The molecule has 2 bridgehead atoms. The Kier molecular flexibility index (Phi) is 6.74. The fourth-order valence-electron chi connectivity index (χ4n) is 6.27. The molecule has 1 saturated heterocycles. The smallest absolute Gasteiger partial charge is 0.350 e. The first-order valence-electron chi connectivity index (χ1n) is 12.6. The summed E-state index contributed by atoms with van der Waals surface area (Å²) in [6.45, 7) is 7.12. The summed E-state index contributed by atoms with van der Waals surface area (Å²) >= 11 is 1.24. The summed E-state index contributed by atoms with van der Waals surface area (Å²) < 4.78 is 33.7. The monoisotopic (exact) mass is 552 g/mol. The van der Waals surface area contributed by atoms with Gasteiger partial charge in [-0.1, -0.05) is 51.1 Å². The van der Waals surface area contributed by atoms with Gasteiger partial charge in [0, 0.05) is 23.0 Å². The van der Waals surface area contributed by atoms with Crippen molar-refractivity contribution in [2.75, 3.05) is 19.0 Å². The Bertz CT molecular complexity index is 1480. The van der Waals surface area contributed by atoms with Crippen molar-refractivity contribution in [1.29, 1.82) is 0 Å². The van der Waals surface area contributed by atoms with E-state index in [1.54, 1.807) is 10.4 Å². The third-order valence-corrected chi connectivity index (χ3v) is 10.6. The number of hydrogen-bond donors (Lipinski definition) is 1. The number of benzene rings is 2. The van der Waals surface area contributed by atoms with Crippen molar-refractivity contribution >= 4 is 38.9 Å². The molecule has 1 amide bonds. The second kappa shape index (κ2) is 9.63. The molecule has 2 aromatic carbocycles. The van der Waals surface area contributed by atoms with Gasteiger partial charge in [-0.15, -0.1) is 11.3 Å². The van der Waals surface area contributed by atoms with Crippen LogP contribution in [-0.2, 0) is 14.8 Å². The molecule has 1 saturated carbocycles. The van der Waals surface area contributed by atoms with Crippen LogP contribution < -0.4 is 5.32 Å². The second-order valence-corrected chi connectivity index (χ2v) is 14.4. The number of carbonyl (C=O) groups excluding carboxylic acids is 2. The molecule has 1 aliphatic heterocycles. The Labute approximate surface area is 227 Å². The number of anilines is 1. The number of thiophene rings is 1. The van der Waals surface area contributed by atoms with Crippen molar-refractivity contribution in [3.05, 3.63) is 71.1 Å². The SMILES string of the molecule is COC(=O)c1sc(-c2ccccc2)cc1NC(=O)c1ccc(S(=O)(=O)N2C[C@]3(C)C[C@@H]2CC(C)(C)C3)cc1. The van der Waals surface area contributed by atoms with Crippen molar-refractivity contribution in [2.24, 2.45) is 10.8 Å². The van der Waals surface area contributed by atoms with E-state index in [4.69, 9.17) is 4.74 Å². The summed E-state index contributed by atoms with van der Waals surface area (Å²) in [6.07, 6.45) is 2.73. The second-order valence-electron chi connectivity index (χ2n) is 11.5. The van der Waals surface area contributed by atoms with Gasteiger partial charge in [0.25, 0.3) is 5.91 Å². The zero-order valence-electron chi connectivity index (χ0n) is 22.0. The zero-order valence-corrected chi connectivity index (χ0v) is 23.6. The molecule has 9 heteroatoms.